The SMILES string of the molecule is COc1ccc(C(=O)O)c(NCCOC2CCCCC2)c1. The van der Waals surface area contributed by atoms with Crippen molar-refractivity contribution in [1.82, 2.24) is 0 Å². The fourth-order valence-electron chi connectivity index (χ4n) is 2.63. The molecule has 2 rings (SSSR count). The second-order valence-corrected chi connectivity index (χ2v) is 5.27. The van der Waals surface area contributed by atoms with Crippen LogP contribution in [-0.2, 0) is 4.74 Å². The monoisotopic (exact) mass is 293 g/mol. The molecule has 1 saturated carbocycles. The van der Waals surface area contributed by atoms with E-state index in [9.17, 15) is 9.90 Å². The maximum Gasteiger partial charge on any atom is 0.337 e. The third kappa shape index (κ3) is 4.63. The molecule has 0 amide bonds. The standard InChI is InChI=1S/C16H23NO4/c1-20-13-7-8-14(16(18)19)15(11-13)17-9-10-21-12-5-3-2-4-6-12/h7-8,11-12,17H,2-6,9-10H2,1H3,(H,18,19). The number of hydrogen-bond donors (Lipinski definition) is 2. The summed E-state index contributed by atoms with van der Waals surface area (Å²) in [4.78, 5) is 11.2. The maximum absolute atomic E-state index is 11.2. The summed E-state index contributed by atoms with van der Waals surface area (Å²) in [6, 6.07) is 4.89. The van der Waals surface area contributed by atoms with Gasteiger partial charge in [0, 0.05) is 12.6 Å². The number of methoxy groups -OCH3 is 1. The summed E-state index contributed by atoms with van der Waals surface area (Å²) in [7, 11) is 1.56. The molecule has 0 bridgehead atoms. The highest BCUT2D eigenvalue weighted by atomic mass is 16.5. The van der Waals surface area contributed by atoms with Crippen LogP contribution in [0.15, 0.2) is 18.2 Å². The van der Waals surface area contributed by atoms with Crippen molar-refractivity contribution in [2.24, 2.45) is 0 Å². The Hall–Kier alpha value is -1.75. The number of carbonyl (C=O) groups is 1. The first-order valence-electron chi connectivity index (χ1n) is 7.47. The zero-order valence-electron chi connectivity index (χ0n) is 12.4. The van der Waals surface area contributed by atoms with Gasteiger partial charge in [-0.05, 0) is 25.0 Å². The van der Waals surface area contributed by atoms with Gasteiger partial charge in [0.1, 0.15) is 5.75 Å². The second-order valence-electron chi connectivity index (χ2n) is 5.27. The number of anilines is 1. The zero-order valence-corrected chi connectivity index (χ0v) is 12.4. The van der Waals surface area contributed by atoms with Crippen molar-refractivity contribution >= 4 is 11.7 Å². The highest BCUT2D eigenvalue weighted by Crippen LogP contribution is 2.23. The third-order valence-corrected chi connectivity index (χ3v) is 3.78. The van der Waals surface area contributed by atoms with Crippen LogP contribution >= 0.6 is 0 Å². The fourth-order valence-corrected chi connectivity index (χ4v) is 2.63. The molecule has 1 aliphatic rings. The van der Waals surface area contributed by atoms with Crippen molar-refractivity contribution in [2.45, 2.75) is 38.2 Å². The lowest BCUT2D eigenvalue weighted by Crippen LogP contribution is -2.21. The summed E-state index contributed by atoms with van der Waals surface area (Å²) in [6.07, 6.45) is 6.45. The summed E-state index contributed by atoms with van der Waals surface area (Å²) in [6.45, 7) is 1.17. The molecule has 21 heavy (non-hydrogen) atoms. The van der Waals surface area contributed by atoms with Crippen LogP contribution in [0.25, 0.3) is 0 Å². The lowest BCUT2D eigenvalue weighted by atomic mass is 9.98. The van der Waals surface area contributed by atoms with Gasteiger partial charge in [-0.2, -0.15) is 0 Å². The van der Waals surface area contributed by atoms with E-state index in [-0.39, 0.29) is 5.56 Å². The molecule has 1 aromatic carbocycles. The van der Waals surface area contributed by atoms with E-state index < -0.39 is 5.97 Å². The summed E-state index contributed by atoms with van der Waals surface area (Å²) in [5.41, 5.74) is 0.808. The first-order chi connectivity index (χ1) is 10.2. The van der Waals surface area contributed by atoms with Crippen molar-refractivity contribution in [3.8, 4) is 5.75 Å². The molecular weight excluding hydrogens is 270 g/mol. The van der Waals surface area contributed by atoms with Gasteiger partial charge in [0.05, 0.1) is 31.1 Å². The molecule has 5 heteroatoms. The number of carboxylic acid groups (broad SMARTS) is 1. The first kappa shape index (κ1) is 15.6. The minimum Gasteiger partial charge on any atom is -0.497 e. The average molecular weight is 293 g/mol. The average Bonchev–Trinajstić information content (AvgIpc) is 2.52. The number of nitrogens with one attached hydrogen (secondary N) is 1. The topological polar surface area (TPSA) is 67.8 Å². The van der Waals surface area contributed by atoms with Gasteiger partial charge >= 0.3 is 5.97 Å². The van der Waals surface area contributed by atoms with Gasteiger partial charge < -0.3 is 19.9 Å². The highest BCUT2D eigenvalue weighted by Gasteiger charge is 2.14. The van der Waals surface area contributed by atoms with E-state index in [0.717, 1.165) is 12.8 Å². The normalized spacial score (nSPS) is 15.7. The van der Waals surface area contributed by atoms with E-state index in [2.05, 4.69) is 5.32 Å². The van der Waals surface area contributed by atoms with Crippen molar-refractivity contribution in [1.29, 1.82) is 0 Å². The van der Waals surface area contributed by atoms with Gasteiger partial charge in [-0.3, -0.25) is 0 Å². The largest absolute Gasteiger partial charge is 0.497 e. The fraction of sp³-hybridized carbons (Fsp3) is 0.562. The molecular formula is C16H23NO4. The molecule has 0 saturated heterocycles. The quantitative estimate of drug-likeness (QED) is 0.756. The predicted octanol–water partition coefficient (Wildman–Crippen LogP) is 3.15. The molecule has 0 spiro atoms. The van der Waals surface area contributed by atoms with Gasteiger partial charge in [0.15, 0.2) is 0 Å². The Kier molecular flexibility index (Phi) is 5.87. The number of aromatic carboxylic acids is 1. The lowest BCUT2D eigenvalue weighted by Gasteiger charge is -2.22. The second kappa shape index (κ2) is 7.88. The van der Waals surface area contributed by atoms with E-state index in [4.69, 9.17) is 9.47 Å². The van der Waals surface area contributed by atoms with Crippen molar-refractivity contribution < 1.29 is 19.4 Å². The van der Waals surface area contributed by atoms with Crippen LogP contribution in [0, 0.1) is 0 Å². The molecule has 1 aromatic rings. The van der Waals surface area contributed by atoms with Crippen LogP contribution in [0.3, 0.4) is 0 Å². The zero-order chi connectivity index (χ0) is 15.1. The lowest BCUT2D eigenvalue weighted by molar-refractivity contribution is 0.0347. The Morgan fingerprint density at radius 3 is 2.76 bits per heavy atom. The van der Waals surface area contributed by atoms with Crippen molar-refractivity contribution in [2.75, 3.05) is 25.6 Å². The summed E-state index contributed by atoms with van der Waals surface area (Å²) >= 11 is 0. The van der Waals surface area contributed by atoms with E-state index in [1.54, 1.807) is 25.3 Å². The Morgan fingerprint density at radius 1 is 1.33 bits per heavy atom. The van der Waals surface area contributed by atoms with Crippen LogP contribution in [0.5, 0.6) is 5.75 Å². The number of rotatable bonds is 7. The van der Waals surface area contributed by atoms with E-state index in [1.165, 1.54) is 19.3 Å². The molecule has 1 fully saturated rings. The van der Waals surface area contributed by atoms with E-state index in [1.807, 2.05) is 0 Å². The summed E-state index contributed by atoms with van der Waals surface area (Å²) in [5, 5.41) is 12.3. The molecule has 5 nitrogen and oxygen atoms in total. The number of hydrogen-bond acceptors (Lipinski definition) is 4. The first-order valence-corrected chi connectivity index (χ1v) is 7.47. The van der Waals surface area contributed by atoms with Crippen LogP contribution in [0.4, 0.5) is 5.69 Å². The Balaban J connectivity index is 1.84. The van der Waals surface area contributed by atoms with E-state index in [0.29, 0.717) is 30.7 Å². The van der Waals surface area contributed by atoms with Crippen LogP contribution < -0.4 is 10.1 Å². The number of carboxylic acids is 1. The van der Waals surface area contributed by atoms with Gasteiger partial charge in [0.2, 0.25) is 0 Å². The molecule has 0 heterocycles. The van der Waals surface area contributed by atoms with Gasteiger partial charge in [-0.1, -0.05) is 19.3 Å². The van der Waals surface area contributed by atoms with Crippen LogP contribution in [-0.4, -0.2) is 37.4 Å². The van der Waals surface area contributed by atoms with Gasteiger partial charge in [0.25, 0.3) is 0 Å². The molecule has 1 aliphatic carbocycles. The van der Waals surface area contributed by atoms with Gasteiger partial charge in [-0.15, -0.1) is 0 Å². The van der Waals surface area contributed by atoms with Crippen LogP contribution in [0.1, 0.15) is 42.5 Å². The molecule has 2 N–H and O–H groups in total. The molecule has 0 aromatic heterocycles. The highest BCUT2D eigenvalue weighted by molar-refractivity contribution is 5.94. The Labute approximate surface area is 125 Å². The third-order valence-electron chi connectivity index (χ3n) is 3.78. The van der Waals surface area contributed by atoms with Crippen molar-refractivity contribution in [3.05, 3.63) is 23.8 Å². The molecule has 0 unspecified atom stereocenters. The van der Waals surface area contributed by atoms with Crippen molar-refractivity contribution in [3.63, 3.8) is 0 Å². The minimum absolute atomic E-state index is 0.244. The maximum atomic E-state index is 11.2. The number of ether oxygens (including phenoxy) is 2. The molecule has 116 valence electrons. The molecule has 0 aliphatic heterocycles. The minimum atomic E-state index is -0.951. The van der Waals surface area contributed by atoms with Gasteiger partial charge in [-0.25, -0.2) is 4.79 Å². The number of benzene rings is 1. The summed E-state index contributed by atoms with van der Waals surface area (Å²) in [5.74, 6) is -0.316. The van der Waals surface area contributed by atoms with E-state index >= 15 is 0 Å². The molecule has 0 radical (unpaired) electrons. The smallest absolute Gasteiger partial charge is 0.337 e. The predicted molar refractivity (Wildman–Crippen MR) is 81.3 cm³/mol. The van der Waals surface area contributed by atoms with Crippen LogP contribution in [0.2, 0.25) is 0 Å². The Bertz CT molecular complexity index is 469. The molecule has 0 atom stereocenters. The Morgan fingerprint density at radius 2 is 2.10 bits per heavy atom. The summed E-state index contributed by atoms with van der Waals surface area (Å²) < 4.78 is 10.9.